The Hall–Kier alpha value is -0.720. The minimum atomic E-state index is 0.420. The van der Waals surface area contributed by atoms with Crippen molar-refractivity contribution < 1.29 is 4.74 Å². The van der Waals surface area contributed by atoms with E-state index in [1.165, 1.54) is 38.5 Å². The highest BCUT2D eigenvalue weighted by Gasteiger charge is 2.31. The molecule has 0 unspecified atom stereocenters. The molecule has 1 rings (SSSR count). The molecule has 1 aliphatic rings. The fourth-order valence-electron chi connectivity index (χ4n) is 2.96. The number of allylic oxidation sites excluding steroid dienone is 3. The number of rotatable bonds is 7. The van der Waals surface area contributed by atoms with Gasteiger partial charge in [-0.1, -0.05) is 59.1 Å². The fourth-order valence-corrected chi connectivity index (χ4v) is 2.96. The standard InChI is InChI=1S/C18H32O/c1-5-6-7-8-9-10-13-19-18-14-16(4)11-12-17(18)15(2)3/h8-10,13,15-18H,5-7,11-12,14H2,1-4H3/b9-8+,13-10+/t16-,17+,18-/m1/s1. The second kappa shape index (κ2) is 9.23. The zero-order valence-corrected chi connectivity index (χ0v) is 13.3. The maximum absolute atomic E-state index is 6.00. The monoisotopic (exact) mass is 264 g/mol. The van der Waals surface area contributed by atoms with E-state index in [4.69, 9.17) is 4.74 Å². The van der Waals surface area contributed by atoms with Gasteiger partial charge in [-0.15, -0.1) is 0 Å². The molecule has 1 aliphatic carbocycles. The van der Waals surface area contributed by atoms with Crippen LogP contribution in [0.5, 0.6) is 0 Å². The van der Waals surface area contributed by atoms with Gasteiger partial charge < -0.3 is 4.74 Å². The third-order valence-electron chi connectivity index (χ3n) is 4.26. The Labute approximate surface area is 120 Å². The highest BCUT2D eigenvalue weighted by Crippen LogP contribution is 2.35. The summed E-state index contributed by atoms with van der Waals surface area (Å²) in [5.41, 5.74) is 0. The topological polar surface area (TPSA) is 9.23 Å². The molecule has 19 heavy (non-hydrogen) atoms. The molecule has 1 heteroatoms. The normalized spacial score (nSPS) is 28.6. The van der Waals surface area contributed by atoms with E-state index in [2.05, 4.69) is 39.8 Å². The van der Waals surface area contributed by atoms with Gasteiger partial charge in [-0.25, -0.2) is 0 Å². The van der Waals surface area contributed by atoms with Gasteiger partial charge in [-0.3, -0.25) is 0 Å². The minimum absolute atomic E-state index is 0.420. The summed E-state index contributed by atoms with van der Waals surface area (Å²) in [6.07, 6.45) is 16.3. The quantitative estimate of drug-likeness (QED) is 0.324. The highest BCUT2D eigenvalue weighted by atomic mass is 16.5. The summed E-state index contributed by atoms with van der Waals surface area (Å²) in [6, 6.07) is 0. The maximum Gasteiger partial charge on any atom is 0.101 e. The molecule has 0 aromatic carbocycles. The lowest BCUT2D eigenvalue weighted by Crippen LogP contribution is -2.33. The van der Waals surface area contributed by atoms with Crippen LogP contribution in [0.2, 0.25) is 0 Å². The number of hydrogen-bond donors (Lipinski definition) is 0. The summed E-state index contributed by atoms with van der Waals surface area (Å²) in [5.74, 6) is 2.27. The maximum atomic E-state index is 6.00. The van der Waals surface area contributed by atoms with Gasteiger partial charge in [0.05, 0.1) is 6.26 Å². The van der Waals surface area contributed by atoms with Gasteiger partial charge in [0.15, 0.2) is 0 Å². The summed E-state index contributed by atoms with van der Waals surface area (Å²) >= 11 is 0. The molecule has 0 saturated heterocycles. The smallest absolute Gasteiger partial charge is 0.101 e. The lowest BCUT2D eigenvalue weighted by atomic mass is 9.75. The second-order valence-electron chi connectivity index (χ2n) is 6.40. The van der Waals surface area contributed by atoms with Gasteiger partial charge in [0, 0.05) is 0 Å². The van der Waals surface area contributed by atoms with Crippen molar-refractivity contribution in [3.63, 3.8) is 0 Å². The molecule has 0 aromatic rings. The first-order valence-electron chi connectivity index (χ1n) is 8.12. The first kappa shape index (κ1) is 16.3. The average molecular weight is 264 g/mol. The number of hydrogen-bond acceptors (Lipinski definition) is 1. The summed E-state index contributed by atoms with van der Waals surface area (Å²) in [4.78, 5) is 0. The summed E-state index contributed by atoms with van der Waals surface area (Å²) < 4.78 is 6.00. The molecular weight excluding hydrogens is 232 g/mol. The molecule has 0 aromatic heterocycles. The first-order chi connectivity index (χ1) is 9.15. The van der Waals surface area contributed by atoms with E-state index < -0.39 is 0 Å². The molecule has 3 atom stereocenters. The molecule has 1 fully saturated rings. The zero-order valence-electron chi connectivity index (χ0n) is 13.3. The molecule has 1 nitrogen and oxygen atoms in total. The van der Waals surface area contributed by atoms with Crippen LogP contribution in [0.15, 0.2) is 24.5 Å². The average Bonchev–Trinajstić information content (AvgIpc) is 2.37. The Morgan fingerprint density at radius 3 is 2.68 bits per heavy atom. The fraction of sp³-hybridized carbons (Fsp3) is 0.778. The number of ether oxygens (including phenoxy) is 1. The van der Waals surface area contributed by atoms with E-state index in [9.17, 15) is 0 Å². The third-order valence-corrected chi connectivity index (χ3v) is 4.26. The van der Waals surface area contributed by atoms with Crippen molar-refractivity contribution in [2.45, 2.75) is 72.3 Å². The van der Waals surface area contributed by atoms with E-state index in [0.717, 1.165) is 17.8 Å². The Morgan fingerprint density at radius 2 is 2.00 bits per heavy atom. The van der Waals surface area contributed by atoms with Crippen LogP contribution in [0.3, 0.4) is 0 Å². The molecule has 0 heterocycles. The molecule has 0 spiro atoms. The van der Waals surface area contributed by atoms with Gasteiger partial charge in [-0.05, 0) is 43.1 Å². The summed E-state index contributed by atoms with van der Waals surface area (Å²) in [5, 5.41) is 0. The second-order valence-corrected chi connectivity index (χ2v) is 6.40. The lowest BCUT2D eigenvalue weighted by Gasteiger charge is -2.36. The Balaban J connectivity index is 2.35. The van der Waals surface area contributed by atoms with Crippen LogP contribution in [0.1, 0.15) is 66.2 Å². The van der Waals surface area contributed by atoms with Crippen molar-refractivity contribution in [3.05, 3.63) is 24.5 Å². The Morgan fingerprint density at radius 1 is 1.21 bits per heavy atom. The van der Waals surface area contributed by atoms with Crippen molar-refractivity contribution >= 4 is 0 Å². The van der Waals surface area contributed by atoms with Crippen LogP contribution in [-0.2, 0) is 4.74 Å². The predicted octanol–water partition coefficient (Wildman–Crippen LogP) is 5.72. The van der Waals surface area contributed by atoms with E-state index in [-0.39, 0.29) is 0 Å². The van der Waals surface area contributed by atoms with Crippen LogP contribution < -0.4 is 0 Å². The molecule has 0 bridgehead atoms. The Bertz CT molecular complexity index is 277. The molecule has 0 aliphatic heterocycles. The van der Waals surface area contributed by atoms with E-state index in [0.29, 0.717) is 6.10 Å². The predicted molar refractivity (Wildman–Crippen MR) is 84.0 cm³/mol. The lowest BCUT2D eigenvalue weighted by molar-refractivity contribution is 0.0136. The van der Waals surface area contributed by atoms with E-state index in [1.54, 1.807) is 0 Å². The van der Waals surface area contributed by atoms with Crippen LogP contribution in [-0.4, -0.2) is 6.10 Å². The van der Waals surface area contributed by atoms with Crippen molar-refractivity contribution in [3.8, 4) is 0 Å². The van der Waals surface area contributed by atoms with Crippen molar-refractivity contribution in [2.75, 3.05) is 0 Å². The first-order valence-corrected chi connectivity index (χ1v) is 8.12. The minimum Gasteiger partial charge on any atom is -0.498 e. The molecule has 110 valence electrons. The van der Waals surface area contributed by atoms with Crippen molar-refractivity contribution in [1.82, 2.24) is 0 Å². The van der Waals surface area contributed by atoms with Gasteiger partial charge in [0.25, 0.3) is 0 Å². The van der Waals surface area contributed by atoms with Crippen LogP contribution in [0.4, 0.5) is 0 Å². The molecule has 0 radical (unpaired) electrons. The van der Waals surface area contributed by atoms with Crippen LogP contribution >= 0.6 is 0 Å². The summed E-state index contributed by atoms with van der Waals surface area (Å²) in [6.45, 7) is 9.22. The van der Waals surface area contributed by atoms with Crippen LogP contribution in [0.25, 0.3) is 0 Å². The summed E-state index contributed by atoms with van der Waals surface area (Å²) in [7, 11) is 0. The number of unbranched alkanes of at least 4 members (excludes halogenated alkanes) is 2. The molecule has 0 amide bonds. The van der Waals surface area contributed by atoms with Gasteiger partial charge in [0.2, 0.25) is 0 Å². The van der Waals surface area contributed by atoms with Gasteiger partial charge in [-0.2, -0.15) is 0 Å². The van der Waals surface area contributed by atoms with Crippen LogP contribution in [0, 0.1) is 17.8 Å². The zero-order chi connectivity index (χ0) is 14.1. The van der Waals surface area contributed by atoms with Gasteiger partial charge >= 0.3 is 0 Å². The van der Waals surface area contributed by atoms with Crippen molar-refractivity contribution in [1.29, 1.82) is 0 Å². The van der Waals surface area contributed by atoms with E-state index in [1.807, 2.05) is 12.3 Å². The molecule has 0 N–H and O–H groups in total. The SMILES string of the molecule is CCCC/C=C/C=C/O[C@@H]1C[C@H](C)CC[C@H]1C(C)C. The largest absolute Gasteiger partial charge is 0.498 e. The highest BCUT2D eigenvalue weighted by molar-refractivity contribution is 5.00. The third kappa shape index (κ3) is 6.31. The van der Waals surface area contributed by atoms with E-state index >= 15 is 0 Å². The molecular formula is C18H32O. The Kier molecular flexibility index (Phi) is 7.93. The van der Waals surface area contributed by atoms with Crippen molar-refractivity contribution in [2.24, 2.45) is 17.8 Å². The van der Waals surface area contributed by atoms with Gasteiger partial charge in [0.1, 0.15) is 6.10 Å². The molecule has 1 saturated carbocycles.